The van der Waals surface area contributed by atoms with Crippen molar-refractivity contribution >= 4 is 58.5 Å². The Morgan fingerprint density at radius 3 is 1.69 bits per heavy atom. The Morgan fingerprint density at radius 1 is 0.844 bits per heavy atom. The zero-order chi connectivity index (χ0) is 23.7. The summed E-state index contributed by atoms with van der Waals surface area (Å²) in [6, 6.07) is 5.12. The van der Waals surface area contributed by atoms with Crippen LogP contribution in [-0.2, 0) is 14.3 Å². The minimum atomic E-state index is -1.23. The zero-order valence-electron chi connectivity index (χ0n) is 17.0. The van der Waals surface area contributed by atoms with E-state index < -0.39 is 35.7 Å². The molecule has 1 aliphatic rings. The summed E-state index contributed by atoms with van der Waals surface area (Å²) in [5, 5.41) is 2.69. The maximum Gasteiger partial charge on any atom is 0.337 e. The summed E-state index contributed by atoms with van der Waals surface area (Å²) < 4.78 is 9.31. The number of imide groups is 1. The van der Waals surface area contributed by atoms with Gasteiger partial charge in [0.2, 0.25) is 5.91 Å². The van der Waals surface area contributed by atoms with Crippen LogP contribution in [0.3, 0.4) is 0 Å². The normalized spacial score (nSPS) is 13.5. The molecule has 1 atom stereocenters. The lowest BCUT2D eigenvalue weighted by molar-refractivity contribution is -0.119. The third-order valence-electron chi connectivity index (χ3n) is 4.77. The van der Waals surface area contributed by atoms with Crippen LogP contribution in [0.2, 0.25) is 10.0 Å². The monoisotopic (exact) mass is 478 g/mol. The van der Waals surface area contributed by atoms with Crippen molar-refractivity contribution in [3.05, 3.63) is 62.6 Å². The predicted molar refractivity (Wildman–Crippen MR) is 114 cm³/mol. The molecular weight excluding hydrogens is 463 g/mol. The predicted octanol–water partition coefficient (Wildman–Crippen LogP) is 3.19. The lowest BCUT2D eigenvalue weighted by Gasteiger charge is -2.22. The van der Waals surface area contributed by atoms with Gasteiger partial charge in [-0.1, -0.05) is 23.2 Å². The van der Waals surface area contributed by atoms with E-state index in [1.807, 2.05) is 0 Å². The molecule has 1 heterocycles. The molecule has 0 spiro atoms. The van der Waals surface area contributed by atoms with Gasteiger partial charge in [0, 0.05) is 5.69 Å². The minimum Gasteiger partial charge on any atom is -0.465 e. The number of nitrogens with zero attached hydrogens (tertiary/aromatic N) is 1. The fourth-order valence-electron chi connectivity index (χ4n) is 3.14. The molecule has 1 N–H and O–H groups in total. The first kappa shape index (κ1) is 23.2. The highest BCUT2D eigenvalue weighted by Crippen LogP contribution is 2.32. The number of hydrogen-bond acceptors (Lipinski definition) is 7. The third kappa shape index (κ3) is 4.17. The van der Waals surface area contributed by atoms with E-state index in [1.54, 1.807) is 0 Å². The highest BCUT2D eigenvalue weighted by molar-refractivity contribution is 6.43. The number of methoxy groups -OCH3 is 2. The van der Waals surface area contributed by atoms with Crippen LogP contribution >= 0.6 is 23.2 Å². The molecule has 3 rings (SSSR count). The molecule has 11 heteroatoms. The number of esters is 2. The first-order valence-electron chi connectivity index (χ1n) is 9.08. The summed E-state index contributed by atoms with van der Waals surface area (Å²) in [6.07, 6.45) is 0. The molecule has 0 radical (unpaired) electrons. The van der Waals surface area contributed by atoms with Crippen LogP contribution in [0.5, 0.6) is 0 Å². The van der Waals surface area contributed by atoms with E-state index in [0.29, 0.717) is 0 Å². The number of ether oxygens (including phenoxy) is 2. The molecule has 0 aliphatic carbocycles. The van der Waals surface area contributed by atoms with Crippen molar-refractivity contribution in [1.82, 2.24) is 4.90 Å². The summed E-state index contributed by atoms with van der Waals surface area (Å²) in [7, 11) is 2.32. The fraction of sp³-hybridized carbons (Fsp3) is 0.190. The molecule has 0 fully saturated rings. The van der Waals surface area contributed by atoms with Crippen molar-refractivity contribution in [3.8, 4) is 0 Å². The summed E-state index contributed by atoms with van der Waals surface area (Å²) in [4.78, 5) is 62.9. The number of nitrogens with one attached hydrogen (secondary N) is 1. The number of carbonyl (C=O) groups is 5. The smallest absolute Gasteiger partial charge is 0.337 e. The molecule has 9 nitrogen and oxygen atoms in total. The van der Waals surface area contributed by atoms with Crippen LogP contribution in [0.4, 0.5) is 5.69 Å². The first-order chi connectivity index (χ1) is 15.1. The molecule has 32 heavy (non-hydrogen) atoms. The Kier molecular flexibility index (Phi) is 6.52. The molecule has 0 saturated carbocycles. The molecule has 166 valence electrons. The Morgan fingerprint density at radius 2 is 1.28 bits per heavy atom. The molecule has 0 saturated heterocycles. The van der Waals surface area contributed by atoms with Crippen LogP contribution in [0.15, 0.2) is 30.3 Å². The average Bonchev–Trinajstić information content (AvgIpc) is 3.01. The zero-order valence-corrected chi connectivity index (χ0v) is 18.5. The van der Waals surface area contributed by atoms with E-state index in [1.165, 1.54) is 37.3 Å². The lowest BCUT2D eigenvalue weighted by atomic mass is 10.1. The van der Waals surface area contributed by atoms with Gasteiger partial charge in [-0.2, -0.15) is 0 Å². The van der Waals surface area contributed by atoms with Gasteiger partial charge in [-0.15, -0.1) is 0 Å². The SMILES string of the molecule is COC(=O)c1cc(NC(=O)[C@H](C)N2C(=O)c3cc(Cl)c(Cl)cc3C2=O)cc(C(=O)OC)c1. The lowest BCUT2D eigenvalue weighted by Crippen LogP contribution is -2.45. The van der Waals surface area contributed by atoms with E-state index in [0.717, 1.165) is 19.1 Å². The third-order valence-corrected chi connectivity index (χ3v) is 5.49. The van der Waals surface area contributed by atoms with E-state index in [4.69, 9.17) is 23.2 Å². The van der Waals surface area contributed by atoms with Gasteiger partial charge >= 0.3 is 11.9 Å². The molecule has 1 aliphatic heterocycles. The molecule has 2 aromatic rings. The standard InChI is InChI=1S/C21H16Cl2N2O7/c1-9(25-18(27)13-7-15(22)16(23)8-14(13)19(25)28)17(26)24-12-5-10(20(29)31-2)4-11(6-12)21(30)32-3/h4-9H,1-3H3,(H,24,26)/t9-/m0/s1. The quantitative estimate of drug-likeness (QED) is 0.517. The molecule has 0 bridgehead atoms. The van der Waals surface area contributed by atoms with Gasteiger partial charge in [0.1, 0.15) is 6.04 Å². The Bertz CT molecular complexity index is 1100. The number of carbonyl (C=O) groups excluding carboxylic acids is 5. The Labute approximate surface area is 192 Å². The van der Waals surface area contributed by atoms with Gasteiger partial charge in [-0.3, -0.25) is 19.3 Å². The van der Waals surface area contributed by atoms with Crippen molar-refractivity contribution < 1.29 is 33.4 Å². The van der Waals surface area contributed by atoms with Crippen molar-refractivity contribution in [3.63, 3.8) is 0 Å². The summed E-state index contributed by atoms with van der Waals surface area (Å²) in [5.74, 6) is -3.63. The van der Waals surface area contributed by atoms with Crippen LogP contribution in [0.25, 0.3) is 0 Å². The number of halogens is 2. The highest BCUT2D eigenvalue weighted by atomic mass is 35.5. The van der Waals surface area contributed by atoms with Crippen LogP contribution < -0.4 is 5.32 Å². The Balaban J connectivity index is 1.89. The van der Waals surface area contributed by atoms with Gasteiger partial charge < -0.3 is 14.8 Å². The van der Waals surface area contributed by atoms with Crippen molar-refractivity contribution in [2.45, 2.75) is 13.0 Å². The molecule has 2 aromatic carbocycles. The maximum atomic E-state index is 12.8. The number of hydrogen-bond donors (Lipinski definition) is 1. The number of anilines is 1. The van der Waals surface area contributed by atoms with Crippen LogP contribution in [-0.4, -0.2) is 54.8 Å². The number of rotatable bonds is 5. The van der Waals surface area contributed by atoms with Crippen molar-refractivity contribution in [2.24, 2.45) is 0 Å². The van der Waals surface area contributed by atoms with E-state index in [9.17, 15) is 24.0 Å². The number of benzene rings is 2. The van der Waals surface area contributed by atoms with Gasteiger partial charge in [0.05, 0.1) is 46.5 Å². The van der Waals surface area contributed by atoms with Gasteiger partial charge in [-0.05, 0) is 37.3 Å². The maximum absolute atomic E-state index is 12.8. The summed E-state index contributed by atoms with van der Waals surface area (Å²) >= 11 is 11.9. The van der Waals surface area contributed by atoms with E-state index in [2.05, 4.69) is 14.8 Å². The fourth-order valence-corrected chi connectivity index (χ4v) is 3.47. The second kappa shape index (κ2) is 8.97. The Hall–Kier alpha value is -3.43. The van der Waals surface area contributed by atoms with Gasteiger partial charge in [0.25, 0.3) is 11.8 Å². The van der Waals surface area contributed by atoms with Gasteiger partial charge in [0.15, 0.2) is 0 Å². The first-order valence-corrected chi connectivity index (χ1v) is 9.84. The van der Waals surface area contributed by atoms with Gasteiger partial charge in [-0.25, -0.2) is 9.59 Å². The topological polar surface area (TPSA) is 119 Å². The molecular formula is C21H16Cl2N2O7. The summed E-state index contributed by atoms with van der Waals surface area (Å²) in [5.41, 5.74) is 0.106. The van der Waals surface area contributed by atoms with Crippen molar-refractivity contribution in [1.29, 1.82) is 0 Å². The average molecular weight is 479 g/mol. The van der Waals surface area contributed by atoms with Crippen LogP contribution in [0.1, 0.15) is 48.4 Å². The van der Waals surface area contributed by atoms with Crippen LogP contribution in [0, 0.1) is 0 Å². The van der Waals surface area contributed by atoms with Crippen molar-refractivity contribution in [2.75, 3.05) is 19.5 Å². The second-order valence-corrected chi connectivity index (χ2v) is 7.55. The minimum absolute atomic E-state index is 0.0108. The van der Waals surface area contributed by atoms with E-state index >= 15 is 0 Å². The van der Waals surface area contributed by atoms with E-state index in [-0.39, 0.29) is 38.0 Å². The second-order valence-electron chi connectivity index (χ2n) is 6.74. The number of amides is 3. The molecule has 0 unspecified atom stereocenters. The molecule has 3 amide bonds. The number of fused-ring (bicyclic) bond motifs is 1. The highest BCUT2D eigenvalue weighted by Gasteiger charge is 2.41. The summed E-state index contributed by atoms with van der Waals surface area (Å²) in [6.45, 7) is 1.35. The molecule has 0 aromatic heterocycles. The largest absolute Gasteiger partial charge is 0.465 e.